The van der Waals surface area contributed by atoms with E-state index in [0.29, 0.717) is 11.1 Å². The van der Waals surface area contributed by atoms with Crippen LogP contribution >= 0.6 is 11.8 Å². The minimum Gasteiger partial charge on any atom is -0.396 e. The number of fused-ring (bicyclic) bond motifs is 1. The topological polar surface area (TPSA) is 85.3 Å². The number of anilines is 1. The third-order valence-corrected chi connectivity index (χ3v) is 3.67. The number of thioether (sulfide) groups is 1. The number of nitrogens with zero attached hydrogens (tertiary/aromatic N) is 4. The van der Waals surface area contributed by atoms with Crippen LogP contribution in [-0.2, 0) is 4.79 Å². The number of aryl methyl sites for hydroxylation is 2. The quantitative estimate of drug-likeness (QED) is 0.743. The van der Waals surface area contributed by atoms with Crippen molar-refractivity contribution in [2.45, 2.75) is 19.1 Å². The normalized spacial score (nSPS) is 11.0. The average molecular weight is 303 g/mol. The van der Waals surface area contributed by atoms with Gasteiger partial charge in [-0.25, -0.2) is 0 Å². The molecule has 0 atom stereocenters. The van der Waals surface area contributed by atoms with Crippen LogP contribution in [0.2, 0.25) is 0 Å². The first kappa shape index (κ1) is 13.6. The zero-order valence-electron chi connectivity index (χ0n) is 11.5. The van der Waals surface area contributed by atoms with Gasteiger partial charge in [0.05, 0.1) is 5.75 Å². The molecule has 7 nitrogen and oxygen atoms in total. The first-order chi connectivity index (χ1) is 10.1. The molecule has 0 unspecified atom stereocenters. The van der Waals surface area contributed by atoms with Crippen molar-refractivity contribution in [3.63, 3.8) is 0 Å². The van der Waals surface area contributed by atoms with Crippen LogP contribution in [0.25, 0.3) is 5.84 Å². The number of rotatable bonds is 4. The van der Waals surface area contributed by atoms with Gasteiger partial charge in [0.25, 0.3) is 5.22 Å². The van der Waals surface area contributed by atoms with Crippen LogP contribution < -0.4 is 5.32 Å². The highest BCUT2D eigenvalue weighted by molar-refractivity contribution is 7.99. The van der Waals surface area contributed by atoms with Gasteiger partial charge >= 0.3 is 5.84 Å². The molecule has 108 valence electrons. The number of hydrogen-bond donors (Lipinski definition) is 1. The Morgan fingerprint density at radius 3 is 3.05 bits per heavy atom. The van der Waals surface area contributed by atoms with Gasteiger partial charge in [0.1, 0.15) is 6.33 Å². The van der Waals surface area contributed by atoms with E-state index in [-0.39, 0.29) is 11.7 Å². The Morgan fingerprint density at radius 1 is 1.43 bits per heavy atom. The highest BCUT2D eigenvalue weighted by Gasteiger charge is 2.11. The van der Waals surface area contributed by atoms with Crippen molar-refractivity contribution in [2.24, 2.45) is 0 Å². The van der Waals surface area contributed by atoms with Gasteiger partial charge in [-0.1, -0.05) is 34.6 Å². The van der Waals surface area contributed by atoms with E-state index >= 15 is 0 Å². The van der Waals surface area contributed by atoms with E-state index in [9.17, 15) is 4.79 Å². The fourth-order valence-electron chi connectivity index (χ4n) is 1.87. The summed E-state index contributed by atoms with van der Waals surface area (Å²) in [4.78, 5) is 11.9. The largest absolute Gasteiger partial charge is 0.396 e. The van der Waals surface area contributed by atoms with E-state index in [1.165, 1.54) is 22.6 Å². The molecule has 8 heteroatoms. The number of carbonyl (C=O) groups excluding carboxylic acids is 1. The predicted molar refractivity (Wildman–Crippen MR) is 78.3 cm³/mol. The third-order valence-electron chi connectivity index (χ3n) is 2.85. The molecule has 1 amide bonds. The standard InChI is InChI=1S/C13H13N5O2S/c1-8-3-4-10(9(2)5-8)15-11(19)6-21-13-17-18-7-14-16-12(18)20-13/h3-5,7H,6H2,1-2H3,(H,15,19). The van der Waals surface area contributed by atoms with Gasteiger partial charge in [0, 0.05) is 5.69 Å². The minimum atomic E-state index is -0.110. The Kier molecular flexibility index (Phi) is 3.61. The molecule has 21 heavy (non-hydrogen) atoms. The number of nitrogens with one attached hydrogen (secondary N) is 1. The van der Waals surface area contributed by atoms with Crippen molar-refractivity contribution in [3.05, 3.63) is 35.7 Å². The lowest BCUT2D eigenvalue weighted by molar-refractivity contribution is -0.113. The second kappa shape index (κ2) is 5.57. The van der Waals surface area contributed by atoms with Crippen molar-refractivity contribution in [2.75, 3.05) is 11.1 Å². The summed E-state index contributed by atoms with van der Waals surface area (Å²) in [7, 11) is 0. The molecule has 1 N–H and O–H groups in total. The average Bonchev–Trinajstić information content (AvgIpc) is 3.00. The zero-order valence-corrected chi connectivity index (χ0v) is 12.3. The molecule has 0 bridgehead atoms. The SMILES string of the molecule is Cc1ccc(NC(=O)CSc2nn3cnnc3o2)c(C)c1. The number of benzene rings is 1. The van der Waals surface area contributed by atoms with E-state index in [2.05, 4.69) is 20.6 Å². The zero-order chi connectivity index (χ0) is 14.8. The molecule has 3 aromatic rings. The van der Waals surface area contributed by atoms with Gasteiger partial charge in [-0.05, 0) is 25.5 Å². The van der Waals surface area contributed by atoms with Crippen LogP contribution in [0, 0.1) is 13.8 Å². The Morgan fingerprint density at radius 2 is 2.29 bits per heavy atom. The van der Waals surface area contributed by atoms with Crippen molar-refractivity contribution < 1.29 is 9.21 Å². The summed E-state index contributed by atoms with van der Waals surface area (Å²) in [5.74, 6) is 0.415. The first-order valence-corrected chi connectivity index (χ1v) is 7.27. The summed E-state index contributed by atoms with van der Waals surface area (Å²) in [6.07, 6.45) is 1.44. The monoisotopic (exact) mass is 303 g/mol. The van der Waals surface area contributed by atoms with Crippen LogP contribution in [0.5, 0.6) is 0 Å². The molecule has 0 aliphatic rings. The lowest BCUT2D eigenvalue weighted by Crippen LogP contribution is -2.14. The maximum atomic E-state index is 11.9. The smallest absolute Gasteiger partial charge is 0.345 e. The van der Waals surface area contributed by atoms with E-state index in [4.69, 9.17) is 4.42 Å². The molecule has 1 aromatic carbocycles. The van der Waals surface area contributed by atoms with Gasteiger partial charge in [-0.15, -0.1) is 10.2 Å². The summed E-state index contributed by atoms with van der Waals surface area (Å²) in [6, 6.07) is 5.89. The molecule has 0 radical (unpaired) electrons. The predicted octanol–water partition coefficient (Wildman–Crippen LogP) is 2.06. The van der Waals surface area contributed by atoms with Crippen molar-refractivity contribution in [3.8, 4) is 0 Å². The van der Waals surface area contributed by atoms with Gasteiger partial charge in [0.15, 0.2) is 0 Å². The molecule has 2 heterocycles. The van der Waals surface area contributed by atoms with E-state index < -0.39 is 0 Å². The molecule has 2 aromatic heterocycles. The number of carbonyl (C=O) groups is 1. The maximum absolute atomic E-state index is 11.9. The van der Waals surface area contributed by atoms with Crippen LogP contribution in [0.3, 0.4) is 0 Å². The second-order valence-corrected chi connectivity index (χ2v) is 5.51. The molecule has 0 aliphatic heterocycles. The van der Waals surface area contributed by atoms with Gasteiger partial charge in [0.2, 0.25) is 5.91 Å². The Bertz CT molecular complexity index is 766. The third kappa shape index (κ3) is 3.05. The number of aromatic nitrogens is 4. The number of hydrogen-bond acceptors (Lipinski definition) is 6. The van der Waals surface area contributed by atoms with E-state index in [0.717, 1.165) is 16.8 Å². The molecule has 0 saturated carbocycles. The molecular weight excluding hydrogens is 290 g/mol. The van der Waals surface area contributed by atoms with Crippen molar-refractivity contribution in [1.29, 1.82) is 0 Å². The molecule has 0 aliphatic carbocycles. The Hall–Kier alpha value is -2.35. The molecule has 0 saturated heterocycles. The van der Waals surface area contributed by atoms with Crippen LogP contribution in [-0.4, -0.2) is 31.5 Å². The molecule has 3 rings (SSSR count). The Balaban J connectivity index is 1.60. The molecule has 0 spiro atoms. The maximum Gasteiger partial charge on any atom is 0.345 e. The van der Waals surface area contributed by atoms with Crippen LogP contribution in [0.1, 0.15) is 11.1 Å². The fourth-order valence-corrected chi connectivity index (χ4v) is 2.47. The van der Waals surface area contributed by atoms with Crippen LogP contribution in [0.15, 0.2) is 34.2 Å². The van der Waals surface area contributed by atoms with Gasteiger partial charge < -0.3 is 9.73 Å². The van der Waals surface area contributed by atoms with Crippen LogP contribution in [0.4, 0.5) is 5.69 Å². The van der Waals surface area contributed by atoms with Gasteiger partial charge in [-0.3, -0.25) is 4.79 Å². The van der Waals surface area contributed by atoms with Gasteiger partial charge in [-0.2, -0.15) is 4.52 Å². The van der Waals surface area contributed by atoms with E-state index in [1.54, 1.807) is 0 Å². The highest BCUT2D eigenvalue weighted by Crippen LogP contribution is 2.19. The minimum absolute atomic E-state index is 0.110. The summed E-state index contributed by atoms with van der Waals surface area (Å²) < 4.78 is 6.73. The lowest BCUT2D eigenvalue weighted by atomic mass is 10.1. The number of amides is 1. The lowest BCUT2D eigenvalue weighted by Gasteiger charge is -2.08. The summed E-state index contributed by atoms with van der Waals surface area (Å²) in [5, 5.41) is 14.7. The second-order valence-electron chi connectivity index (χ2n) is 4.58. The summed E-state index contributed by atoms with van der Waals surface area (Å²) >= 11 is 1.21. The summed E-state index contributed by atoms with van der Waals surface area (Å²) in [6.45, 7) is 3.98. The van der Waals surface area contributed by atoms with E-state index in [1.807, 2.05) is 32.0 Å². The summed E-state index contributed by atoms with van der Waals surface area (Å²) in [5.41, 5.74) is 3.02. The highest BCUT2D eigenvalue weighted by atomic mass is 32.2. The Labute approximate surface area is 124 Å². The fraction of sp³-hybridized carbons (Fsp3) is 0.231. The molecular formula is C13H13N5O2S. The first-order valence-electron chi connectivity index (χ1n) is 6.28. The molecule has 0 fully saturated rings. The van der Waals surface area contributed by atoms with Crippen molar-refractivity contribution in [1.82, 2.24) is 19.8 Å². The van der Waals surface area contributed by atoms with Crippen molar-refractivity contribution >= 4 is 29.2 Å².